The second-order valence-electron chi connectivity index (χ2n) is 9.72. The van der Waals surface area contributed by atoms with Crippen LogP contribution in [0, 0.1) is 22.6 Å². The van der Waals surface area contributed by atoms with Gasteiger partial charge >= 0.3 is 6.09 Å². The average molecular weight is 514 g/mol. The van der Waals surface area contributed by atoms with E-state index in [4.69, 9.17) is 10.00 Å². The molecule has 2 aromatic rings. The Kier molecular flexibility index (Phi) is 6.68. The predicted octanol–water partition coefficient (Wildman–Crippen LogP) is 3.12. The number of nitriles is 1. The molecule has 0 bridgehead atoms. The molecule has 3 aliphatic heterocycles. The Labute approximate surface area is 210 Å². The van der Waals surface area contributed by atoms with Crippen LogP contribution in [0.4, 0.5) is 15.0 Å². The summed E-state index contributed by atoms with van der Waals surface area (Å²) in [6, 6.07) is 9.62. The van der Waals surface area contributed by atoms with Crippen LogP contribution in [0.25, 0.3) is 0 Å². The normalized spacial score (nSPS) is 20.9. The first kappa shape index (κ1) is 24.6. The molecule has 190 valence electrons. The number of sulfonamides is 1. The highest BCUT2D eigenvalue weighted by atomic mass is 32.2. The standard InChI is InChI=1S/C25H28FN5O4S/c26-22-3-1-19(15-20(22)16-27)18-29-9-5-25(6-10-29)7-11-30(12-8-25)36(33,34)21-2-4-23(28-17-21)31-13-14-35-24(31)32/h1-4,15,17H,5-14,18H2. The molecule has 3 fully saturated rings. The Morgan fingerprint density at radius 2 is 1.78 bits per heavy atom. The quantitative estimate of drug-likeness (QED) is 0.605. The number of carbonyl (C=O) groups excluding carboxylic acids is 1. The number of anilines is 1. The van der Waals surface area contributed by atoms with Crippen LogP contribution in [-0.4, -0.2) is 68.0 Å². The Morgan fingerprint density at radius 3 is 2.39 bits per heavy atom. The number of piperidine rings is 2. The molecule has 5 rings (SSSR count). The summed E-state index contributed by atoms with van der Waals surface area (Å²) in [4.78, 5) is 19.7. The van der Waals surface area contributed by atoms with Crippen molar-refractivity contribution in [3.63, 3.8) is 0 Å². The summed E-state index contributed by atoms with van der Waals surface area (Å²) in [6.45, 7) is 4.06. The molecule has 3 aliphatic rings. The van der Waals surface area contributed by atoms with Crippen LogP contribution in [0.1, 0.15) is 36.8 Å². The van der Waals surface area contributed by atoms with Gasteiger partial charge in [0.1, 0.15) is 29.2 Å². The summed E-state index contributed by atoms with van der Waals surface area (Å²) in [5.41, 5.74) is 1.12. The smallest absolute Gasteiger partial charge is 0.415 e. The van der Waals surface area contributed by atoms with Crippen molar-refractivity contribution >= 4 is 21.9 Å². The second-order valence-corrected chi connectivity index (χ2v) is 11.7. The number of aromatic nitrogens is 1. The maximum Gasteiger partial charge on any atom is 0.415 e. The molecular formula is C25H28FN5O4S. The highest BCUT2D eigenvalue weighted by Crippen LogP contribution is 2.42. The number of hydrogen-bond donors (Lipinski definition) is 0. The molecule has 3 saturated heterocycles. The van der Waals surface area contributed by atoms with Gasteiger partial charge in [-0.3, -0.25) is 9.80 Å². The molecule has 1 aromatic carbocycles. The molecule has 0 N–H and O–H groups in total. The lowest BCUT2D eigenvalue weighted by Gasteiger charge is -2.46. The van der Waals surface area contributed by atoms with Crippen molar-refractivity contribution in [2.45, 2.75) is 37.1 Å². The minimum absolute atomic E-state index is 0.0675. The SMILES string of the molecule is N#Cc1cc(CN2CCC3(CC2)CCN(S(=O)(=O)c2ccc(N4CCOC4=O)nc2)CC3)ccc1F. The van der Waals surface area contributed by atoms with Crippen LogP contribution in [0.15, 0.2) is 41.4 Å². The Hall–Kier alpha value is -3.07. The van der Waals surface area contributed by atoms with Gasteiger partial charge in [-0.25, -0.2) is 22.6 Å². The number of amides is 1. The van der Waals surface area contributed by atoms with Crippen LogP contribution < -0.4 is 4.90 Å². The Bertz CT molecular complexity index is 1280. The number of hydrogen-bond acceptors (Lipinski definition) is 7. The Morgan fingerprint density at radius 1 is 1.06 bits per heavy atom. The zero-order valence-electron chi connectivity index (χ0n) is 19.9. The number of ether oxygens (including phenoxy) is 1. The molecule has 4 heterocycles. The predicted molar refractivity (Wildman–Crippen MR) is 129 cm³/mol. The van der Waals surface area contributed by atoms with E-state index < -0.39 is 21.9 Å². The topological polar surface area (TPSA) is 107 Å². The van der Waals surface area contributed by atoms with Gasteiger partial charge in [-0.15, -0.1) is 0 Å². The lowest BCUT2D eigenvalue weighted by Crippen LogP contribution is -2.48. The van der Waals surface area contributed by atoms with Crippen LogP contribution in [0.3, 0.4) is 0 Å². The first-order chi connectivity index (χ1) is 17.3. The van der Waals surface area contributed by atoms with E-state index in [9.17, 15) is 17.6 Å². The molecule has 0 unspecified atom stereocenters. The number of nitrogens with zero attached hydrogens (tertiary/aromatic N) is 5. The van der Waals surface area contributed by atoms with E-state index >= 15 is 0 Å². The number of pyridine rings is 1. The molecule has 36 heavy (non-hydrogen) atoms. The fourth-order valence-electron chi connectivity index (χ4n) is 5.34. The third-order valence-electron chi connectivity index (χ3n) is 7.65. The van der Waals surface area contributed by atoms with E-state index in [0.717, 1.165) is 44.3 Å². The van der Waals surface area contributed by atoms with Crippen molar-refractivity contribution in [2.75, 3.05) is 44.2 Å². The van der Waals surface area contributed by atoms with E-state index in [1.54, 1.807) is 18.2 Å². The highest BCUT2D eigenvalue weighted by Gasteiger charge is 2.40. The summed E-state index contributed by atoms with van der Waals surface area (Å²) >= 11 is 0. The fourth-order valence-corrected chi connectivity index (χ4v) is 6.72. The first-order valence-electron chi connectivity index (χ1n) is 12.1. The van der Waals surface area contributed by atoms with Crippen LogP contribution >= 0.6 is 0 Å². The summed E-state index contributed by atoms with van der Waals surface area (Å²) in [5.74, 6) is -0.117. The number of carbonyl (C=O) groups is 1. The van der Waals surface area contributed by atoms with Crippen LogP contribution in [0.5, 0.6) is 0 Å². The summed E-state index contributed by atoms with van der Waals surface area (Å²) in [7, 11) is -3.66. The molecule has 1 aromatic heterocycles. The van der Waals surface area contributed by atoms with E-state index in [-0.39, 0.29) is 15.9 Å². The zero-order chi connectivity index (χ0) is 25.3. The summed E-state index contributed by atoms with van der Waals surface area (Å²) in [6.07, 6.45) is 4.41. The van der Waals surface area contributed by atoms with Crippen LogP contribution in [-0.2, 0) is 21.3 Å². The van der Waals surface area contributed by atoms with Crippen molar-refractivity contribution < 1.29 is 22.3 Å². The molecule has 1 spiro atoms. The van der Waals surface area contributed by atoms with Gasteiger partial charge in [0, 0.05) is 25.8 Å². The van der Waals surface area contributed by atoms with Crippen molar-refractivity contribution in [1.82, 2.24) is 14.2 Å². The van der Waals surface area contributed by atoms with Gasteiger partial charge in [0.2, 0.25) is 10.0 Å². The van der Waals surface area contributed by atoms with Gasteiger partial charge < -0.3 is 4.74 Å². The van der Waals surface area contributed by atoms with E-state index in [1.165, 1.54) is 27.5 Å². The molecule has 11 heteroatoms. The molecule has 0 saturated carbocycles. The highest BCUT2D eigenvalue weighted by molar-refractivity contribution is 7.89. The van der Waals surface area contributed by atoms with Gasteiger partial charge in [-0.05, 0) is 74.0 Å². The second kappa shape index (κ2) is 9.76. The zero-order valence-corrected chi connectivity index (χ0v) is 20.7. The molecule has 0 atom stereocenters. The van der Waals surface area contributed by atoms with Crippen molar-refractivity contribution in [3.05, 3.63) is 53.5 Å². The van der Waals surface area contributed by atoms with Crippen molar-refractivity contribution in [1.29, 1.82) is 5.26 Å². The maximum absolute atomic E-state index is 13.6. The number of rotatable bonds is 5. The van der Waals surface area contributed by atoms with E-state index in [1.807, 2.05) is 6.07 Å². The lowest BCUT2D eigenvalue weighted by atomic mass is 9.71. The molecule has 9 nitrogen and oxygen atoms in total. The van der Waals surface area contributed by atoms with Crippen molar-refractivity contribution in [3.8, 4) is 6.07 Å². The first-order valence-corrected chi connectivity index (χ1v) is 13.6. The summed E-state index contributed by atoms with van der Waals surface area (Å²) < 4.78 is 46.5. The summed E-state index contributed by atoms with van der Waals surface area (Å²) in [5, 5.41) is 9.06. The fraction of sp³-hybridized carbons (Fsp3) is 0.480. The molecule has 0 radical (unpaired) electrons. The molecular weight excluding hydrogens is 485 g/mol. The molecule has 1 amide bonds. The molecule has 0 aliphatic carbocycles. The van der Waals surface area contributed by atoms with E-state index in [0.29, 0.717) is 38.6 Å². The van der Waals surface area contributed by atoms with Gasteiger partial charge in [0.05, 0.1) is 12.1 Å². The monoisotopic (exact) mass is 513 g/mol. The van der Waals surface area contributed by atoms with Gasteiger partial charge in [-0.2, -0.15) is 9.57 Å². The van der Waals surface area contributed by atoms with Crippen LogP contribution in [0.2, 0.25) is 0 Å². The number of likely N-dealkylation sites (tertiary alicyclic amines) is 1. The third-order valence-corrected chi connectivity index (χ3v) is 9.54. The maximum atomic E-state index is 13.6. The largest absolute Gasteiger partial charge is 0.447 e. The van der Waals surface area contributed by atoms with Gasteiger partial charge in [0.15, 0.2) is 0 Å². The van der Waals surface area contributed by atoms with Gasteiger partial charge in [-0.1, -0.05) is 6.07 Å². The van der Waals surface area contributed by atoms with Crippen molar-refractivity contribution in [2.24, 2.45) is 5.41 Å². The Balaban J connectivity index is 1.16. The van der Waals surface area contributed by atoms with Gasteiger partial charge in [0.25, 0.3) is 0 Å². The average Bonchev–Trinajstić information content (AvgIpc) is 3.33. The van der Waals surface area contributed by atoms with E-state index in [2.05, 4.69) is 9.88 Å². The number of cyclic esters (lactones) is 1. The number of halogens is 1. The number of benzene rings is 1. The minimum atomic E-state index is -3.66. The minimum Gasteiger partial charge on any atom is -0.447 e. The lowest BCUT2D eigenvalue weighted by molar-refractivity contribution is 0.0529. The third kappa shape index (κ3) is 4.81.